The first-order valence-electron chi connectivity index (χ1n) is 12.1. The quantitative estimate of drug-likeness (QED) is 0.130. The van der Waals surface area contributed by atoms with Crippen LogP contribution >= 0.6 is 0 Å². The van der Waals surface area contributed by atoms with Crippen LogP contribution in [0.1, 0.15) is 36.2 Å². The molecule has 1 N–H and O–H groups in total. The summed E-state index contributed by atoms with van der Waals surface area (Å²) in [6.45, 7) is 4.32. The lowest BCUT2D eigenvalue weighted by Crippen LogP contribution is -2.33. The summed E-state index contributed by atoms with van der Waals surface area (Å²) in [5.74, 6) is 0.908. The summed E-state index contributed by atoms with van der Waals surface area (Å²) in [5.41, 5.74) is 3.64. The molecule has 0 bridgehead atoms. The number of hydrogen-bond acceptors (Lipinski definition) is 6. The van der Waals surface area contributed by atoms with Gasteiger partial charge in [0, 0.05) is 5.39 Å². The highest BCUT2D eigenvalue weighted by Crippen LogP contribution is 2.26. The van der Waals surface area contributed by atoms with Crippen molar-refractivity contribution in [3.63, 3.8) is 0 Å². The zero-order valence-electron chi connectivity index (χ0n) is 20.7. The highest BCUT2D eigenvalue weighted by molar-refractivity contribution is 5.91. The molecule has 0 fully saturated rings. The smallest absolute Gasteiger partial charge is 0.343 e. The van der Waals surface area contributed by atoms with Gasteiger partial charge in [-0.3, -0.25) is 4.79 Å². The number of hydrazone groups is 1. The second-order valence-corrected chi connectivity index (χ2v) is 8.30. The van der Waals surface area contributed by atoms with Crippen molar-refractivity contribution in [3.8, 4) is 17.2 Å². The standard InChI is InChI=1S/C30H28N2O5/c1-3-19-35-25-17-13-24(14-18-25)30(34)37-26-15-11-22(12-16-26)20-31-32-29(33)21(2)36-28-10-6-8-23-7-4-5-9-27(23)28/h4-18,20-21H,3,19H2,1-2H3,(H,32,33)/b31-20-/t21-/m0/s1. The van der Waals surface area contributed by atoms with Gasteiger partial charge < -0.3 is 14.2 Å². The van der Waals surface area contributed by atoms with Crippen molar-refractivity contribution in [1.82, 2.24) is 5.43 Å². The number of hydrogen-bond donors (Lipinski definition) is 1. The van der Waals surface area contributed by atoms with E-state index in [9.17, 15) is 9.59 Å². The molecule has 0 aromatic heterocycles. The van der Waals surface area contributed by atoms with Gasteiger partial charge in [-0.15, -0.1) is 0 Å². The average Bonchev–Trinajstić information content (AvgIpc) is 2.93. The summed E-state index contributed by atoms with van der Waals surface area (Å²) < 4.78 is 16.8. The lowest BCUT2D eigenvalue weighted by molar-refractivity contribution is -0.127. The van der Waals surface area contributed by atoms with Crippen molar-refractivity contribution >= 4 is 28.9 Å². The Bertz CT molecular complexity index is 1380. The highest BCUT2D eigenvalue weighted by atomic mass is 16.5. The molecule has 4 rings (SSSR count). The second-order valence-electron chi connectivity index (χ2n) is 8.30. The molecule has 0 saturated heterocycles. The fourth-order valence-electron chi connectivity index (χ4n) is 3.50. The molecule has 0 spiro atoms. The third kappa shape index (κ3) is 6.95. The summed E-state index contributed by atoms with van der Waals surface area (Å²) in [5, 5.41) is 5.98. The molecule has 4 aromatic rings. The average molecular weight is 497 g/mol. The third-order valence-corrected chi connectivity index (χ3v) is 5.46. The Morgan fingerprint density at radius 2 is 1.59 bits per heavy atom. The molecule has 0 aliphatic heterocycles. The van der Waals surface area contributed by atoms with Gasteiger partial charge >= 0.3 is 5.97 Å². The molecule has 7 heteroatoms. The number of carbonyl (C=O) groups excluding carboxylic acids is 2. The maximum atomic E-state index is 12.4. The Hall–Kier alpha value is -4.65. The van der Waals surface area contributed by atoms with Gasteiger partial charge in [0.25, 0.3) is 5.91 Å². The Labute approximate surface area is 215 Å². The van der Waals surface area contributed by atoms with Crippen LogP contribution in [-0.4, -0.2) is 30.8 Å². The minimum absolute atomic E-state index is 0.374. The Balaban J connectivity index is 1.27. The van der Waals surface area contributed by atoms with Crippen LogP contribution in [-0.2, 0) is 4.79 Å². The fraction of sp³-hybridized carbons (Fsp3) is 0.167. The SMILES string of the molecule is CCCOc1ccc(C(=O)Oc2ccc(/C=N\NC(=O)[C@H](C)Oc3cccc4ccccc34)cc2)cc1. The zero-order valence-corrected chi connectivity index (χ0v) is 20.7. The van der Waals surface area contributed by atoms with Gasteiger partial charge in [-0.2, -0.15) is 5.10 Å². The Kier molecular flexibility index (Phi) is 8.49. The molecule has 0 unspecified atom stereocenters. The van der Waals surface area contributed by atoms with Crippen molar-refractivity contribution in [2.75, 3.05) is 6.61 Å². The number of carbonyl (C=O) groups is 2. The Morgan fingerprint density at radius 1 is 0.892 bits per heavy atom. The minimum Gasteiger partial charge on any atom is -0.494 e. The molecule has 37 heavy (non-hydrogen) atoms. The number of ether oxygens (including phenoxy) is 3. The molecular weight excluding hydrogens is 468 g/mol. The molecule has 7 nitrogen and oxygen atoms in total. The number of rotatable bonds is 10. The maximum absolute atomic E-state index is 12.4. The largest absolute Gasteiger partial charge is 0.494 e. The first kappa shape index (κ1) is 25.4. The minimum atomic E-state index is -0.739. The van der Waals surface area contributed by atoms with Crippen LogP contribution in [0.25, 0.3) is 10.8 Å². The van der Waals surface area contributed by atoms with E-state index in [1.807, 2.05) is 49.4 Å². The molecule has 0 radical (unpaired) electrons. The van der Waals surface area contributed by atoms with Crippen LogP contribution in [0, 0.1) is 0 Å². The van der Waals surface area contributed by atoms with Crippen LogP contribution in [0.4, 0.5) is 0 Å². The predicted octanol–water partition coefficient (Wildman–Crippen LogP) is 5.77. The third-order valence-electron chi connectivity index (χ3n) is 5.46. The van der Waals surface area contributed by atoms with E-state index in [4.69, 9.17) is 14.2 Å². The lowest BCUT2D eigenvalue weighted by atomic mass is 10.1. The molecule has 4 aromatic carbocycles. The summed E-state index contributed by atoms with van der Waals surface area (Å²) in [7, 11) is 0. The number of esters is 1. The van der Waals surface area contributed by atoms with Crippen molar-refractivity contribution in [1.29, 1.82) is 0 Å². The molecule has 1 atom stereocenters. The normalized spacial score (nSPS) is 11.7. The summed E-state index contributed by atoms with van der Waals surface area (Å²) in [6.07, 6.45) is 1.68. The van der Waals surface area contributed by atoms with Crippen LogP contribution in [0.15, 0.2) is 96.1 Å². The molecule has 188 valence electrons. The zero-order chi connectivity index (χ0) is 26.0. The predicted molar refractivity (Wildman–Crippen MR) is 143 cm³/mol. The van der Waals surface area contributed by atoms with Gasteiger partial charge in [0.2, 0.25) is 0 Å². The van der Waals surface area contributed by atoms with E-state index in [0.717, 1.165) is 22.8 Å². The van der Waals surface area contributed by atoms with Crippen LogP contribution in [0.3, 0.4) is 0 Å². The van der Waals surface area contributed by atoms with E-state index < -0.39 is 12.1 Å². The number of benzene rings is 4. The van der Waals surface area contributed by atoms with Crippen LogP contribution < -0.4 is 19.6 Å². The van der Waals surface area contributed by atoms with E-state index in [-0.39, 0.29) is 5.91 Å². The van der Waals surface area contributed by atoms with Crippen molar-refractivity contribution in [2.45, 2.75) is 26.4 Å². The van der Waals surface area contributed by atoms with Crippen LogP contribution in [0.5, 0.6) is 17.2 Å². The first-order chi connectivity index (χ1) is 18.0. The summed E-state index contributed by atoms with van der Waals surface area (Å²) in [6, 6.07) is 27.1. The highest BCUT2D eigenvalue weighted by Gasteiger charge is 2.15. The van der Waals surface area contributed by atoms with E-state index >= 15 is 0 Å². The monoisotopic (exact) mass is 496 g/mol. The van der Waals surface area contributed by atoms with Gasteiger partial charge in [0.1, 0.15) is 17.2 Å². The topological polar surface area (TPSA) is 86.2 Å². The second kappa shape index (κ2) is 12.4. The number of nitrogens with one attached hydrogen (secondary N) is 1. The van der Waals surface area contributed by atoms with Crippen molar-refractivity contribution in [2.24, 2.45) is 5.10 Å². The number of amides is 1. The fourth-order valence-corrected chi connectivity index (χ4v) is 3.50. The first-order valence-corrected chi connectivity index (χ1v) is 12.1. The van der Waals surface area contributed by atoms with E-state index in [1.54, 1.807) is 55.5 Å². The molecule has 1 amide bonds. The van der Waals surface area contributed by atoms with E-state index in [1.165, 1.54) is 6.21 Å². The van der Waals surface area contributed by atoms with Gasteiger partial charge in [0.15, 0.2) is 6.10 Å². The van der Waals surface area contributed by atoms with Crippen molar-refractivity contribution in [3.05, 3.63) is 102 Å². The Morgan fingerprint density at radius 3 is 2.35 bits per heavy atom. The van der Waals surface area contributed by atoms with Gasteiger partial charge in [0.05, 0.1) is 18.4 Å². The maximum Gasteiger partial charge on any atom is 0.343 e. The molecular formula is C30H28N2O5. The van der Waals surface area contributed by atoms with Gasteiger partial charge in [-0.1, -0.05) is 43.3 Å². The lowest BCUT2D eigenvalue weighted by Gasteiger charge is -2.14. The summed E-state index contributed by atoms with van der Waals surface area (Å²) >= 11 is 0. The molecule has 0 heterocycles. The van der Waals surface area contributed by atoms with Crippen LogP contribution in [0.2, 0.25) is 0 Å². The number of fused-ring (bicyclic) bond motifs is 1. The van der Waals surface area contributed by atoms with Crippen molar-refractivity contribution < 1.29 is 23.8 Å². The van der Waals surface area contributed by atoms with Gasteiger partial charge in [-0.25, -0.2) is 10.2 Å². The van der Waals surface area contributed by atoms with E-state index in [2.05, 4.69) is 10.5 Å². The summed E-state index contributed by atoms with van der Waals surface area (Å²) in [4.78, 5) is 24.8. The number of nitrogens with zero attached hydrogens (tertiary/aromatic N) is 1. The molecule has 0 aliphatic carbocycles. The van der Waals surface area contributed by atoms with Gasteiger partial charge in [-0.05, 0) is 78.9 Å². The molecule has 0 aliphatic rings. The van der Waals surface area contributed by atoms with E-state index in [0.29, 0.717) is 29.4 Å². The molecule has 0 saturated carbocycles.